The van der Waals surface area contributed by atoms with Crippen LogP contribution in [0.4, 0.5) is 39.5 Å². The van der Waals surface area contributed by atoms with Crippen LogP contribution in [-0.2, 0) is 23.8 Å². The van der Waals surface area contributed by atoms with E-state index in [0.29, 0.717) is 6.26 Å². The normalized spacial score (nSPS) is 18.5. The number of rotatable bonds is 5. The lowest BCUT2D eigenvalue weighted by Crippen LogP contribution is -2.63. The summed E-state index contributed by atoms with van der Waals surface area (Å²) in [5.74, 6) is -15.9. The summed E-state index contributed by atoms with van der Waals surface area (Å²) in [5.41, 5.74) is 0. The molecular formula is C9H7F9O5S. The summed E-state index contributed by atoms with van der Waals surface area (Å²) in [6, 6.07) is 0. The molecule has 0 aromatic rings. The first kappa shape index (κ1) is 20.7. The highest BCUT2D eigenvalue weighted by atomic mass is 32.2. The van der Waals surface area contributed by atoms with Crippen molar-refractivity contribution in [3.05, 3.63) is 12.0 Å². The molecule has 24 heavy (non-hydrogen) atoms. The second kappa shape index (κ2) is 6.16. The molecule has 0 aromatic heterocycles. The first-order chi connectivity index (χ1) is 10.6. The molecule has 1 aliphatic rings. The molecule has 0 amide bonds. The summed E-state index contributed by atoms with van der Waals surface area (Å²) in [5, 5.41) is -6.92. The van der Waals surface area contributed by atoms with Gasteiger partial charge in [-0.1, -0.05) is 0 Å². The van der Waals surface area contributed by atoms with Gasteiger partial charge in [-0.25, -0.2) is 0 Å². The van der Waals surface area contributed by atoms with Crippen molar-refractivity contribution in [3.8, 4) is 0 Å². The summed E-state index contributed by atoms with van der Waals surface area (Å²) in [6.07, 6.45) is -6.80. The summed E-state index contributed by atoms with van der Waals surface area (Å²) < 4.78 is 148. The van der Waals surface area contributed by atoms with E-state index in [1.165, 1.54) is 0 Å². The molecule has 0 aliphatic carbocycles. The van der Waals surface area contributed by atoms with E-state index < -0.39 is 45.8 Å². The zero-order valence-corrected chi connectivity index (χ0v) is 11.9. The Bertz CT molecular complexity index is 595. The van der Waals surface area contributed by atoms with Gasteiger partial charge < -0.3 is 13.7 Å². The molecule has 0 N–H and O–H groups in total. The fraction of sp³-hybridized carbons (Fsp3) is 0.778. The summed E-state index contributed by atoms with van der Waals surface area (Å²) in [4.78, 5) is 0. The van der Waals surface area contributed by atoms with E-state index >= 15 is 0 Å². The highest BCUT2D eigenvalue weighted by molar-refractivity contribution is 7.88. The van der Waals surface area contributed by atoms with Crippen LogP contribution < -0.4 is 0 Å². The van der Waals surface area contributed by atoms with Crippen molar-refractivity contribution in [1.29, 1.82) is 0 Å². The van der Waals surface area contributed by atoms with Gasteiger partial charge in [-0.05, 0) is 0 Å². The number of hydrogen-bond donors (Lipinski definition) is 0. The van der Waals surface area contributed by atoms with Crippen LogP contribution in [0.1, 0.15) is 0 Å². The second-order valence-corrected chi connectivity index (χ2v) is 5.80. The van der Waals surface area contributed by atoms with Crippen LogP contribution in [0.2, 0.25) is 0 Å². The SMILES string of the molecule is O=S(=O)(OC1=COCCOC1)C(F)(F)C(F)(F)C(F)(F)C(F)(F)F. The van der Waals surface area contributed by atoms with Gasteiger partial charge in [0.2, 0.25) is 0 Å². The van der Waals surface area contributed by atoms with Gasteiger partial charge in [0, 0.05) is 0 Å². The van der Waals surface area contributed by atoms with Crippen LogP contribution in [0.3, 0.4) is 0 Å². The fourth-order valence-corrected chi connectivity index (χ4v) is 2.14. The second-order valence-electron chi connectivity index (χ2n) is 4.21. The zero-order chi connectivity index (χ0) is 19.0. The van der Waals surface area contributed by atoms with E-state index in [2.05, 4.69) is 13.7 Å². The summed E-state index contributed by atoms with van der Waals surface area (Å²) >= 11 is 0. The van der Waals surface area contributed by atoms with Crippen molar-refractivity contribution in [2.45, 2.75) is 23.3 Å². The first-order valence-electron chi connectivity index (χ1n) is 5.60. The van der Waals surface area contributed by atoms with Gasteiger partial charge in [0.05, 0.1) is 6.61 Å². The minimum Gasteiger partial charge on any atom is -0.495 e. The molecule has 0 spiro atoms. The lowest BCUT2D eigenvalue weighted by molar-refractivity contribution is -0.382. The molecule has 1 aliphatic heterocycles. The Balaban J connectivity index is 3.22. The van der Waals surface area contributed by atoms with E-state index in [1.54, 1.807) is 0 Å². The Morgan fingerprint density at radius 3 is 1.96 bits per heavy atom. The molecule has 0 bridgehead atoms. The predicted octanol–water partition coefficient (Wildman–Crippen LogP) is 2.65. The topological polar surface area (TPSA) is 61.8 Å². The van der Waals surface area contributed by atoms with Crippen LogP contribution in [0.5, 0.6) is 0 Å². The fourth-order valence-electron chi connectivity index (χ4n) is 1.22. The third kappa shape index (κ3) is 3.36. The van der Waals surface area contributed by atoms with Crippen molar-refractivity contribution in [2.75, 3.05) is 19.8 Å². The molecule has 0 atom stereocenters. The van der Waals surface area contributed by atoms with Gasteiger partial charge in [0.1, 0.15) is 19.5 Å². The van der Waals surface area contributed by atoms with Gasteiger partial charge in [0.25, 0.3) is 0 Å². The first-order valence-corrected chi connectivity index (χ1v) is 7.01. The number of halogens is 9. The maximum atomic E-state index is 13.3. The largest absolute Gasteiger partial charge is 0.495 e. The molecule has 0 saturated heterocycles. The predicted molar refractivity (Wildman–Crippen MR) is 55.8 cm³/mol. The third-order valence-corrected chi connectivity index (χ3v) is 3.77. The van der Waals surface area contributed by atoms with Crippen LogP contribution in [0.15, 0.2) is 12.0 Å². The molecular weight excluding hydrogens is 391 g/mol. The molecule has 0 aromatic carbocycles. The molecule has 15 heteroatoms. The van der Waals surface area contributed by atoms with Crippen molar-refractivity contribution < 1.29 is 61.6 Å². The quantitative estimate of drug-likeness (QED) is 0.527. The Morgan fingerprint density at radius 2 is 1.46 bits per heavy atom. The smallest absolute Gasteiger partial charge is 0.460 e. The molecule has 0 radical (unpaired) electrons. The van der Waals surface area contributed by atoms with Crippen molar-refractivity contribution in [2.24, 2.45) is 0 Å². The summed E-state index contributed by atoms with van der Waals surface area (Å²) in [6.45, 7) is -1.30. The van der Waals surface area contributed by atoms with E-state index in [-0.39, 0.29) is 13.2 Å². The zero-order valence-electron chi connectivity index (χ0n) is 11.0. The molecule has 5 nitrogen and oxygen atoms in total. The van der Waals surface area contributed by atoms with Gasteiger partial charge in [-0.3, -0.25) is 0 Å². The molecule has 0 saturated carbocycles. The maximum Gasteiger partial charge on any atom is 0.460 e. The standard InChI is InChI=1S/C9H7F9O5S/c10-6(11,8(14,15)16)7(12,13)9(17,18)24(19,20)23-5-3-21-1-2-22-4-5/h3H,1-2,4H2. The van der Waals surface area contributed by atoms with Crippen LogP contribution >= 0.6 is 0 Å². The lowest BCUT2D eigenvalue weighted by Gasteiger charge is -2.32. The average Bonchev–Trinajstić information content (AvgIpc) is 2.64. The third-order valence-electron chi connectivity index (χ3n) is 2.45. The minimum atomic E-state index is -7.36. The van der Waals surface area contributed by atoms with Crippen LogP contribution in [0.25, 0.3) is 0 Å². The Labute approximate surface area is 128 Å². The van der Waals surface area contributed by atoms with Crippen LogP contribution in [-0.4, -0.2) is 51.5 Å². The Kier molecular flexibility index (Phi) is 5.31. The van der Waals surface area contributed by atoms with Crippen molar-refractivity contribution in [3.63, 3.8) is 0 Å². The Hall–Kier alpha value is -1.38. The molecule has 0 unspecified atom stereocenters. The number of hydrogen-bond acceptors (Lipinski definition) is 5. The van der Waals surface area contributed by atoms with Gasteiger partial charge in [-0.2, -0.15) is 47.9 Å². The van der Waals surface area contributed by atoms with Crippen LogP contribution in [0, 0.1) is 0 Å². The van der Waals surface area contributed by atoms with Crippen molar-refractivity contribution in [1.82, 2.24) is 0 Å². The van der Waals surface area contributed by atoms with E-state index in [0.717, 1.165) is 0 Å². The lowest BCUT2D eigenvalue weighted by atomic mass is 10.1. The average molecular weight is 398 g/mol. The molecule has 1 heterocycles. The molecule has 0 fully saturated rings. The van der Waals surface area contributed by atoms with Gasteiger partial charge in [0.15, 0.2) is 5.76 Å². The highest BCUT2D eigenvalue weighted by Crippen LogP contribution is 2.55. The molecule has 1 rings (SSSR count). The number of ether oxygens (including phenoxy) is 2. The number of alkyl halides is 9. The van der Waals surface area contributed by atoms with Gasteiger partial charge >= 0.3 is 33.4 Å². The summed E-state index contributed by atoms with van der Waals surface area (Å²) in [7, 11) is -6.97. The van der Waals surface area contributed by atoms with E-state index in [9.17, 15) is 47.9 Å². The minimum absolute atomic E-state index is 0.192. The highest BCUT2D eigenvalue weighted by Gasteiger charge is 2.86. The van der Waals surface area contributed by atoms with Gasteiger partial charge in [-0.15, -0.1) is 0 Å². The monoisotopic (exact) mass is 398 g/mol. The van der Waals surface area contributed by atoms with E-state index in [1.807, 2.05) is 0 Å². The Morgan fingerprint density at radius 1 is 0.917 bits per heavy atom. The van der Waals surface area contributed by atoms with Crippen molar-refractivity contribution >= 4 is 10.1 Å². The van der Waals surface area contributed by atoms with E-state index in [4.69, 9.17) is 0 Å². The maximum absolute atomic E-state index is 13.3. The molecule has 142 valence electrons.